The Bertz CT molecular complexity index is 1270. The summed E-state index contributed by atoms with van der Waals surface area (Å²) in [7, 11) is 0. The van der Waals surface area contributed by atoms with Crippen molar-refractivity contribution in [1.29, 1.82) is 0 Å². The lowest BCUT2D eigenvalue weighted by Gasteiger charge is -2.32. The number of rotatable bonds is 7. The Kier molecular flexibility index (Phi) is 6.84. The molecule has 1 aliphatic carbocycles. The zero-order valence-electron chi connectivity index (χ0n) is 19.7. The standard InChI is InChI=1S/C28H29NO6/c30-26(29-13-11-20(12-14-29)15-19-5-2-1-3-6-19)17-34-27(31)18-33-21-9-10-23-22-7-4-8-24(22)28(32)35-25(23)16-21/h1-3,5-6,9-10,16,20H,4,7-8,11-15,17-18H2. The number of esters is 1. The van der Waals surface area contributed by atoms with Gasteiger partial charge in [-0.05, 0) is 67.7 Å². The van der Waals surface area contributed by atoms with Crippen molar-refractivity contribution in [2.45, 2.75) is 38.5 Å². The molecule has 3 aromatic rings. The van der Waals surface area contributed by atoms with Crippen LogP contribution in [-0.4, -0.2) is 43.1 Å². The smallest absolute Gasteiger partial charge is 0.344 e. The van der Waals surface area contributed by atoms with E-state index in [1.807, 2.05) is 12.1 Å². The van der Waals surface area contributed by atoms with E-state index in [4.69, 9.17) is 13.9 Å². The first-order chi connectivity index (χ1) is 17.1. The Morgan fingerprint density at radius 1 is 0.971 bits per heavy atom. The lowest BCUT2D eigenvalue weighted by Crippen LogP contribution is -2.41. The van der Waals surface area contributed by atoms with Crippen LogP contribution in [0.1, 0.15) is 36.0 Å². The Hall–Kier alpha value is -3.61. The number of ether oxygens (including phenoxy) is 2. The van der Waals surface area contributed by atoms with Crippen molar-refractivity contribution in [3.05, 3.63) is 75.6 Å². The minimum atomic E-state index is -0.618. The van der Waals surface area contributed by atoms with E-state index in [9.17, 15) is 14.4 Å². The van der Waals surface area contributed by atoms with Crippen LogP contribution in [0.3, 0.4) is 0 Å². The van der Waals surface area contributed by atoms with Crippen LogP contribution in [0.25, 0.3) is 11.0 Å². The molecule has 0 atom stereocenters. The SMILES string of the molecule is O=C(COc1ccc2c3c(c(=O)oc2c1)CCC3)OCC(=O)N1CCC(Cc2ccccc2)CC1. The number of likely N-dealkylation sites (tertiary alicyclic amines) is 1. The second-order valence-electron chi connectivity index (χ2n) is 9.32. The number of hydrogen-bond acceptors (Lipinski definition) is 6. The third kappa shape index (κ3) is 5.39. The minimum absolute atomic E-state index is 0.183. The normalized spacial score (nSPS) is 15.7. The van der Waals surface area contributed by atoms with Crippen LogP contribution >= 0.6 is 0 Å². The molecular formula is C28H29NO6. The molecule has 0 radical (unpaired) electrons. The van der Waals surface area contributed by atoms with Gasteiger partial charge in [0, 0.05) is 30.1 Å². The highest BCUT2D eigenvalue weighted by Gasteiger charge is 2.24. The highest BCUT2D eigenvalue weighted by atomic mass is 16.6. The van der Waals surface area contributed by atoms with E-state index in [2.05, 4.69) is 24.3 Å². The van der Waals surface area contributed by atoms with Crippen LogP contribution < -0.4 is 10.4 Å². The summed E-state index contributed by atoms with van der Waals surface area (Å²) in [5.41, 5.74) is 3.28. The Balaban J connectivity index is 1.07. The zero-order valence-corrected chi connectivity index (χ0v) is 19.7. The van der Waals surface area contributed by atoms with E-state index in [0.29, 0.717) is 30.3 Å². The van der Waals surface area contributed by atoms with Crippen LogP contribution in [0, 0.1) is 5.92 Å². The number of nitrogens with zero attached hydrogens (tertiary/aromatic N) is 1. The topological polar surface area (TPSA) is 86.0 Å². The molecular weight excluding hydrogens is 446 g/mol. The minimum Gasteiger partial charge on any atom is -0.482 e. The molecule has 2 aromatic carbocycles. The summed E-state index contributed by atoms with van der Waals surface area (Å²) in [5.74, 6) is 0.165. The van der Waals surface area contributed by atoms with Crippen LogP contribution in [-0.2, 0) is 33.6 Å². The first kappa shape index (κ1) is 23.1. The van der Waals surface area contributed by atoms with Gasteiger partial charge in [-0.15, -0.1) is 0 Å². The maximum atomic E-state index is 12.5. The van der Waals surface area contributed by atoms with Gasteiger partial charge in [-0.2, -0.15) is 0 Å². The molecule has 1 saturated heterocycles. The van der Waals surface area contributed by atoms with Gasteiger partial charge in [-0.1, -0.05) is 30.3 Å². The second kappa shape index (κ2) is 10.3. The molecule has 2 aliphatic rings. The largest absolute Gasteiger partial charge is 0.482 e. The summed E-state index contributed by atoms with van der Waals surface area (Å²) in [6.45, 7) is 0.740. The summed E-state index contributed by atoms with van der Waals surface area (Å²) < 4.78 is 16.1. The molecule has 1 fully saturated rings. The highest BCUT2D eigenvalue weighted by molar-refractivity contribution is 5.83. The lowest BCUT2D eigenvalue weighted by atomic mass is 9.90. The maximum absolute atomic E-state index is 12.5. The van der Waals surface area contributed by atoms with Crippen molar-refractivity contribution >= 4 is 22.8 Å². The van der Waals surface area contributed by atoms with E-state index >= 15 is 0 Å². The van der Waals surface area contributed by atoms with Crippen LogP contribution in [0.5, 0.6) is 5.75 Å². The quantitative estimate of drug-likeness (QED) is 0.383. The molecule has 1 amide bonds. The number of carbonyl (C=O) groups is 2. The number of piperidine rings is 1. The molecule has 0 bridgehead atoms. The van der Waals surface area contributed by atoms with Gasteiger partial charge >= 0.3 is 11.6 Å². The molecule has 0 spiro atoms. The van der Waals surface area contributed by atoms with Crippen molar-refractivity contribution in [1.82, 2.24) is 4.90 Å². The lowest BCUT2D eigenvalue weighted by molar-refractivity contribution is -0.154. The predicted octanol–water partition coefficient (Wildman–Crippen LogP) is 3.69. The summed E-state index contributed by atoms with van der Waals surface area (Å²) in [5, 5.41) is 0.908. The van der Waals surface area contributed by atoms with Crippen LogP contribution in [0.4, 0.5) is 0 Å². The number of benzene rings is 2. The van der Waals surface area contributed by atoms with Crippen molar-refractivity contribution < 1.29 is 23.5 Å². The maximum Gasteiger partial charge on any atom is 0.344 e. The summed E-state index contributed by atoms with van der Waals surface area (Å²) >= 11 is 0. The van der Waals surface area contributed by atoms with Gasteiger partial charge in [0.1, 0.15) is 11.3 Å². The number of carbonyl (C=O) groups excluding carboxylic acids is 2. The van der Waals surface area contributed by atoms with Crippen molar-refractivity contribution in [3.63, 3.8) is 0 Å². The predicted molar refractivity (Wildman–Crippen MR) is 130 cm³/mol. The van der Waals surface area contributed by atoms with E-state index in [1.54, 1.807) is 17.0 Å². The van der Waals surface area contributed by atoms with Gasteiger partial charge < -0.3 is 18.8 Å². The molecule has 1 aliphatic heterocycles. The molecule has 7 nitrogen and oxygen atoms in total. The number of aryl methyl sites for hydroxylation is 1. The van der Waals surface area contributed by atoms with E-state index in [-0.39, 0.29) is 24.7 Å². The van der Waals surface area contributed by atoms with Gasteiger partial charge in [-0.3, -0.25) is 4.79 Å². The molecule has 5 rings (SSSR count). The third-order valence-electron chi connectivity index (χ3n) is 6.99. The fourth-order valence-electron chi connectivity index (χ4n) is 5.11. The third-order valence-corrected chi connectivity index (χ3v) is 6.99. The van der Waals surface area contributed by atoms with Gasteiger partial charge in [0.15, 0.2) is 13.2 Å². The summed E-state index contributed by atoms with van der Waals surface area (Å²) in [6.07, 6.45) is 5.48. The summed E-state index contributed by atoms with van der Waals surface area (Å²) in [4.78, 5) is 38.5. The Labute approximate surface area is 203 Å². The highest BCUT2D eigenvalue weighted by Crippen LogP contribution is 2.29. The molecule has 0 unspecified atom stereocenters. The monoisotopic (exact) mass is 475 g/mol. The van der Waals surface area contributed by atoms with Crippen molar-refractivity contribution in [2.24, 2.45) is 5.92 Å². The van der Waals surface area contributed by atoms with Crippen LogP contribution in [0.2, 0.25) is 0 Å². The van der Waals surface area contributed by atoms with E-state index in [1.165, 1.54) is 5.56 Å². The summed E-state index contributed by atoms with van der Waals surface area (Å²) in [6, 6.07) is 15.6. The zero-order chi connectivity index (χ0) is 24.2. The number of fused-ring (bicyclic) bond motifs is 3. The number of hydrogen-bond donors (Lipinski definition) is 0. The second-order valence-corrected chi connectivity index (χ2v) is 9.32. The molecule has 35 heavy (non-hydrogen) atoms. The Morgan fingerprint density at radius 3 is 2.54 bits per heavy atom. The average molecular weight is 476 g/mol. The molecule has 7 heteroatoms. The van der Waals surface area contributed by atoms with Gasteiger partial charge in [0.05, 0.1) is 0 Å². The first-order valence-electron chi connectivity index (χ1n) is 12.3. The molecule has 2 heterocycles. The molecule has 0 N–H and O–H groups in total. The average Bonchev–Trinajstić information content (AvgIpc) is 3.38. The van der Waals surface area contributed by atoms with E-state index in [0.717, 1.165) is 55.0 Å². The Morgan fingerprint density at radius 2 is 1.74 bits per heavy atom. The molecule has 0 saturated carbocycles. The fourth-order valence-corrected chi connectivity index (χ4v) is 5.11. The van der Waals surface area contributed by atoms with E-state index < -0.39 is 5.97 Å². The van der Waals surface area contributed by atoms with Crippen molar-refractivity contribution in [2.75, 3.05) is 26.3 Å². The first-order valence-corrected chi connectivity index (χ1v) is 12.3. The van der Waals surface area contributed by atoms with Gasteiger partial charge in [0.25, 0.3) is 5.91 Å². The van der Waals surface area contributed by atoms with Gasteiger partial charge in [0.2, 0.25) is 0 Å². The number of amides is 1. The van der Waals surface area contributed by atoms with Crippen LogP contribution in [0.15, 0.2) is 57.7 Å². The fraction of sp³-hybridized carbons (Fsp3) is 0.393. The molecule has 1 aromatic heterocycles. The van der Waals surface area contributed by atoms with Crippen molar-refractivity contribution in [3.8, 4) is 5.75 Å². The van der Waals surface area contributed by atoms with Gasteiger partial charge in [-0.25, -0.2) is 9.59 Å². The molecule has 182 valence electrons.